The first-order chi connectivity index (χ1) is 16.2. The number of unbranched alkanes of at least 4 members (excludes halogenated alkanes) is 4. The van der Waals surface area contributed by atoms with Crippen LogP contribution >= 0.6 is 0 Å². The van der Waals surface area contributed by atoms with Crippen LogP contribution in [0, 0.1) is 0 Å². The smallest absolute Gasteiger partial charge is 0.388 e. The molecule has 6 unspecified atom stereocenters. The lowest BCUT2D eigenvalue weighted by Gasteiger charge is -2.44. The third-order valence-corrected chi connectivity index (χ3v) is 5.65. The number of halogens is 3. The molecule has 1 aliphatic rings. The molecule has 1 saturated heterocycles. The van der Waals surface area contributed by atoms with Crippen molar-refractivity contribution in [2.24, 2.45) is 0 Å². The highest BCUT2D eigenvalue weighted by Gasteiger charge is 2.50. The van der Waals surface area contributed by atoms with Crippen LogP contribution in [0.2, 0.25) is 0 Å². The van der Waals surface area contributed by atoms with Crippen molar-refractivity contribution in [3.63, 3.8) is 0 Å². The van der Waals surface area contributed by atoms with Gasteiger partial charge in [0, 0.05) is 20.8 Å². The Morgan fingerprint density at radius 3 is 2.47 bits per heavy atom. The van der Waals surface area contributed by atoms with Crippen molar-refractivity contribution in [2.45, 2.75) is 94.8 Å². The largest absolute Gasteiger partial charge is 0.471 e. The predicted octanol–water partition coefficient (Wildman–Crippen LogP) is 3.12. The van der Waals surface area contributed by atoms with E-state index in [1.807, 2.05) is 5.32 Å². The van der Waals surface area contributed by atoms with Gasteiger partial charge >= 0.3 is 12.1 Å². The second-order valence-electron chi connectivity index (χ2n) is 8.29. The molecule has 1 rings (SSSR count). The van der Waals surface area contributed by atoms with Gasteiger partial charge in [0.05, 0.1) is 19.3 Å². The Balaban J connectivity index is 2.88. The maximum atomic E-state index is 13.0. The zero-order chi connectivity index (χ0) is 25.6. The number of methoxy groups -OCH3 is 2. The minimum atomic E-state index is -5.12. The number of carbonyl (C=O) groups excluding carboxylic acids is 1. The third-order valence-electron chi connectivity index (χ3n) is 5.65. The van der Waals surface area contributed by atoms with Gasteiger partial charge in [0.25, 0.3) is 0 Å². The molecule has 0 aromatic carbocycles. The van der Waals surface area contributed by atoms with Gasteiger partial charge < -0.3 is 34.1 Å². The van der Waals surface area contributed by atoms with Gasteiger partial charge in [-0.1, -0.05) is 45.1 Å². The fraction of sp³-hybridized carbons (Fsp3) is 0.870. The lowest BCUT2D eigenvalue weighted by Crippen LogP contribution is -2.66. The lowest BCUT2D eigenvalue weighted by atomic mass is 9.96. The summed E-state index contributed by atoms with van der Waals surface area (Å²) in [6, 6.07) is -1.41. The summed E-state index contributed by atoms with van der Waals surface area (Å²) in [6.07, 6.45) is -1.77. The van der Waals surface area contributed by atoms with Crippen molar-refractivity contribution in [2.75, 3.05) is 34.0 Å². The molecule has 34 heavy (non-hydrogen) atoms. The molecule has 1 aliphatic heterocycles. The number of ether oxygens (including phenoxy) is 5. The van der Waals surface area contributed by atoms with E-state index in [1.54, 1.807) is 7.11 Å². The van der Waals surface area contributed by atoms with E-state index in [1.165, 1.54) is 19.6 Å². The summed E-state index contributed by atoms with van der Waals surface area (Å²) in [4.78, 5) is 11.7. The van der Waals surface area contributed by atoms with Gasteiger partial charge in [0.2, 0.25) is 0 Å². The number of nitrogens with one attached hydrogen (secondary N) is 1. The predicted molar refractivity (Wildman–Crippen MR) is 119 cm³/mol. The number of rotatable bonds is 17. The molecule has 6 atom stereocenters. The highest BCUT2D eigenvalue weighted by atomic mass is 19.4. The molecule has 0 spiro atoms. The van der Waals surface area contributed by atoms with Crippen LogP contribution in [0.25, 0.3) is 0 Å². The Morgan fingerprint density at radius 1 is 1.18 bits per heavy atom. The first kappa shape index (κ1) is 30.8. The fourth-order valence-electron chi connectivity index (χ4n) is 3.80. The van der Waals surface area contributed by atoms with Gasteiger partial charge in [-0.25, -0.2) is 0 Å². The quantitative estimate of drug-likeness (QED) is 0.235. The van der Waals surface area contributed by atoms with Crippen LogP contribution in [0.1, 0.15) is 51.9 Å². The molecule has 2 N–H and O–H groups in total. The summed E-state index contributed by atoms with van der Waals surface area (Å²) in [5.41, 5.74) is 0. The monoisotopic (exact) mass is 499 g/mol. The van der Waals surface area contributed by atoms with Crippen LogP contribution in [0.5, 0.6) is 0 Å². The Labute approximate surface area is 200 Å². The molecule has 11 heteroatoms. The molecule has 200 valence electrons. The standard InChI is InChI=1S/C23H40F3NO7/c1-5-7-8-9-10-11-16(31-4)12-14-32-20-18(27-22(29)23(24,25)26)21(33-13-6-2)34-17(15-30-3)19(20)28/h6,16-21,28H,2,5,7-15H2,1,3-4H3,(H,27,29). The van der Waals surface area contributed by atoms with Crippen LogP contribution < -0.4 is 5.32 Å². The van der Waals surface area contributed by atoms with Crippen LogP contribution in [0.4, 0.5) is 13.2 Å². The number of hydrogen-bond acceptors (Lipinski definition) is 7. The summed E-state index contributed by atoms with van der Waals surface area (Å²) >= 11 is 0. The van der Waals surface area contributed by atoms with Crippen molar-refractivity contribution >= 4 is 5.91 Å². The molecule has 1 heterocycles. The lowest BCUT2D eigenvalue weighted by molar-refractivity contribution is -0.277. The van der Waals surface area contributed by atoms with E-state index in [0.717, 1.165) is 32.1 Å². The summed E-state index contributed by atoms with van der Waals surface area (Å²) in [7, 11) is 2.99. The van der Waals surface area contributed by atoms with E-state index in [9.17, 15) is 23.1 Å². The molecule has 0 aromatic rings. The maximum Gasteiger partial charge on any atom is 0.471 e. The second kappa shape index (κ2) is 16.4. The van der Waals surface area contributed by atoms with Gasteiger partial charge in [-0.2, -0.15) is 13.2 Å². The van der Waals surface area contributed by atoms with Crippen molar-refractivity contribution in [1.82, 2.24) is 5.32 Å². The molecule has 8 nitrogen and oxygen atoms in total. The molecule has 0 radical (unpaired) electrons. The molecule has 1 amide bonds. The average Bonchev–Trinajstić information content (AvgIpc) is 2.79. The Hall–Kier alpha value is -1.24. The Kier molecular flexibility index (Phi) is 14.9. The second-order valence-corrected chi connectivity index (χ2v) is 8.29. The van der Waals surface area contributed by atoms with E-state index >= 15 is 0 Å². The zero-order valence-corrected chi connectivity index (χ0v) is 20.4. The SMILES string of the molecule is C=CCOC1OC(COC)C(O)C(OCCC(CCCCCCC)OC)C1NC(=O)C(F)(F)F. The van der Waals surface area contributed by atoms with Crippen LogP contribution in [0.3, 0.4) is 0 Å². The summed E-state index contributed by atoms with van der Waals surface area (Å²) in [6.45, 7) is 5.66. The van der Waals surface area contributed by atoms with Gasteiger partial charge in [0.1, 0.15) is 24.4 Å². The summed E-state index contributed by atoms with van der Waals surface area (Å²) in [5, 5.41) is 12.6. The van der Waals surface area contributed by atoms with Gasteiger partial charge in [-0.15, -0.1) is 6.58 Å². The molecule has 0 bridgehead atoms. The first-order valence-corrected chi connectivity index (χ1v) is 11.8. The minimum Gasteiger partial charge on any atom is -0.388 e. The normalized spacial score (nSPS) is 26.3. The topological polar surface area (TPSA) is 95.5 Å². The minimum absolute atomic E-state index is 0.0463. The molecule has 0 saturated carbocycles. The molecule has 0 aliphatic carbocycles. The van der Waals surface area contributed by atoms with Crippen molar-refractivity contribution in [1.29, 1.82) is 0 Å². The molecule has 0 aromatic heterocycles. The molecule has 1 fully saturated rings. The van der Waals surface area contributed by atoms with Crippen LogP contribution in [-0.4, -0.2) is 88.0 Å². The maximum absolute atomic E-state index is 13.0. The molecular weight excluding hydrogens is 459 g/mol. The average molecular weight is 500 g/mol. The van der Waals surface area contributed by atoms with Crippen molar-refractivity contribution in [3.05, 3.63) is 12.7 Å². The first-order valence-electron chi connectivity index (χ1n) is 11.8. The van der Waals surface area contributed by atoms with Gasteiger partial charge in [0.15, 0.2) is 6.29 Å². The number of hydrogen-bond donors (Lipinski definition) is 2. The van der Waals surface area contributed by atoms with Crippen molar-refractivity contribution < 1.29 is 46.8 Å². The number of alkyl halides is 3. The number of aliphatic hydroxyl groups is 1. The van der Waals surface area contributed by atoms with Crippen LogP contribution in [-0.2, 0) is 28.5 Å². The fourth-order valence-corrected chi connectivity index (χ4v) is 3.80. The third kappa shape index (κ3) is 10.6. The zero-order valence-electron chi connectivity index (χ0n) is 20.4. The summed E-state index contributed by atoms with van der Waals surface area (Å²) < 4.78 is 66.3. The van der Waals surface area contributed by atoms with Crippen molar-refractivity contribution in [3.8, 4) is 0 Å². The van der Waals surface area contributed by atoms with Gasteiger partial charge in [-0.3, -0.25) is 4.79 Å². The number of amides is 1. The van der Waals surface area contributed by atoms with E-state index in [0.29, 0.717) is 6.42 Å². The van der Waals surface area contributed by atoms with E-state index < -0.39 is 42.7 Å². The van der Waals surface area contributed by atoms with E-state index in [4.69, 9.17) is 23.7 Å². The van der Waals surface area contributed by atoms with Crippen LogP contribution in [0.15, 0.2) is 12.7 Å². The Bertz CT molecular complexity index is 579. The molecular formula is C23H40F3NO7. The Morgan fingerprint density at radius 2 is 1.88 bits per heavy atom. The summed E-state index contributed by atoms with van der Waals surface area (Å²) in [5.74, 6) is -2.18. The number of aliphatic hydroxyl groups excluding tert-OH is 1. The number of carbonyl (C=O) groups is 1. The van der Waals surface area contributed by atoms with Gasteiger partial charge in [-0.05, 0) is 12.8 Å². The highest BCUT2D eigenvalue weighted by Crippen LogP contribution is 2.27. The van der Waals surface area contributed by atoms with E-state index in [-0.39, 0.29) is 25.9 Å². The van der Waals surface area contributed by atoms with E-state index in [2.05, 4.69) is 13.5 Å². The highest BCUT2D eigenvalue weighted by molar-refractivity contribution is 5.82.